The summed E-state index contributed by atoms with van der Waals surface area (Å²) in [4.78, 5) is 2.23. The van der Waals surface area contributed by atoms with E-state index in [1.165, 1.54) is 0 Å². The molecule has 2 aromatic rings. The molecule has 1 saturated heterocycles. The number of aromatic hydroxyl groups is 1. The summed E-state index contributed by atoms with van der Waals surface area (Å²) in [6.07, 6.45) is 1.65. The molecule has 1 heterocycles. The number of likely N-dealkylation sites (tertiary alicyclic amines) is 1. The summed E-state index contributed by atoms with van der Waals surface area (Å²) in [5.74, 6) is 1.01. The fourth-order valence-corrected chi connectivity index (χ4v) is 3.63. The topological polar surface area (TPSA) is 52.9 Å². The molecular formula is C21H26ClNO3. The van der Waals surface area contributed by atoms with Gasteiger partial charge in [-0.25, -0.2) is 0 Å². The summed E-state index contributed by atoms with van der Waals surface area (Å²) in [6.45, 7) is 6.44. The number of aryl methyl sites for hydroxylation is 2. The maximum Gasteiger partial charge on any atom is 0.120 e. The van der Waals surface area contributed by atoms with E-state index >= 15 is 0 Å². The molecule has 1 unspecified atom stereocenters. The Kier molecular flexibility index (Phi) is 5.76. The monoisotopic (exact) mass is 375 g/mol. The third-order valence-corrected chi connectivity index (χ3v) is 5.49. The lowest BCUT2D eigenvalue weighted by molar-refractivity contribution is -0.0621. The largest absolute Gasteiger partial charge is 0.508 e. The van der Waals surface area contributed by atoms with Crippen LogP contribution in [0, 0.1) is 13.8 Å². The first kappa shape index (κ1) is 19.0. The van der Waals surface area contributed by atoms with Crippen molar-refractivity contribution in [2.24, 2.45) is 0 Å². The van der Waals surface area contributed by atoms with Gasteiger partial charge >= 0.3 is 0 Å². The van der Waals surface area contributed by atoms with Crippen LogP contribution in [0.15, 0.2) is 36.4 Å². The second-order valence-electron chi connectivity index (χ2n) is 7.36. The molecule has 5 heteroatoms. The summed E-state index contributed by atoms with van der Waals surface area (Å²) in [5, 5.41) is 21.1. The van der Waals surface area contributed by atoms with Gasteiger partial charge in [-0.15, -0.1) is 0 Å². The van der Waals surface area contributed by atoms with Crippen molar-refractivity contribution in [3.8, 4) is 11.5 Å². The quantitative estimate of drug-likeness (QED) is 0.827. The minimum Gasteiger partial charge on any atom is -0.508 e. The zero-order chi connectivity index (χ0) is 18.7. The number of hydrogen-bond acceptors (Lipinski definition) is 4. The summed E-state index contributed by atoms with van der Waals surface area (Å²) in [7, 11) is 0. The maximum atomic E-state index is 11.0. The van der Waals surface area contributed by atoms with Gasteiger partial charge in [0.05, 0.1) is 0 Å². The Bertz CT molecular complexity index is 739. The number of piperidine rings is 1. The Morgan fingerprint density at radius 2 is 1.81 bits per heavy atom. The molecule has 1 atom stereocenters. The van der Waals surface area contributed by atoms with E-state index in [1.54, 1.807) is 12.1 Å². The average Bonchev–Trinajstić information content (AvgIpc) is 2.60. The number of rotatable bonds is 5. The van der Waals surface area contributed by atoms with Crippen LogP contribution in [0.4, 0.5) is 0 Å². The number of phenolic OH excluding ortho intramolecular Hbond substituents is 1. The Balaban J connectivity index is 1.61. The minimum absolute atomic E-state index is 0.263. The lowest BCUT2D eigenvalue weighted by Gasteiger charge is -2.39. The van der Waals surface area contributed by atoms with Crippen molar-refractivity contribution >= 4 is 11.6 Å². The van der Waals surface area contributed by atoms with Gasteiger partial charge in [0.15, 0.2) is 0 Å². The van der Waals surface area contributed by atoms with Crippen LogP contribution < -0.4 is 4.74 Å². The Hall–Kier alpha value is -1.75. The Morgan fingerprint density at radius 3 is 2.46 bits per heavy atom. The molecule has 0 radical (unpaired) electrons. The van der Waals surface area contributed by atoms with Gasteiger partial charge in [-0.3, -0.25) is 4.90 Å². The van der Waals surface area contributed by atoms with Crippen LogP contribution in [0.25, 0.3) is 0 Å². The molecule has 1 fully saturated rings. The highest BCUT2D eigenvalue weighted by molar-refractivity contribution is 6.32. The highest BCUT2D eigenvalue weighted by Crippen LogP contribution is 2.28. The summed E-state index contributed by atoms with van der Waals surface area (Å²) >= 11 is 6.20. The van der Waals surface area contributed by atoms with Crippen LogP contribution >= 0.6 is 11.6 Å². The van der Waals surface area contributed by atoms with Crippen molar-refractivity contribution in [2.45, 2.75) is 38.8 Å². The van der Waals surface area contributed by atoms with Crippen molar-refractivity contribution in [3.63, 3.8) is 0 Å². The van der Waals surface area contributed by atoms with E-state index in [0.29, 0.717) is 6.54 Å². The van der Waals surface area contributed by atoms with E-state index in [9.17, 15) is 10.2 Å². The minimum atomic E-state index is -0.864. The zero-order valence-electron chi connectivity index (χ0n) is 15.3. The van der Waals surface area contributed by atoms with Crippen molar-refractivity contribution in [1.82, 2.24) is 4.90 Å². The number of benzene rings is 2. The molecule has 140 valence electrons. The van der Waals surface area contributed by atoms with Gasteiger partial charge in [0.1, 0.15) is 23.7 Å². The SMILES string of the molecule is Cc1cc(OCC2(O)CCCN(Cc3ccc(O)cc3)C2)cc(C)c1Cl. The van der Waals surface area contributed by atoms with Gasteiger partial charge in [0.2, 0.25) is 0 Å². The summed E-state index contributed by atoms with van der Waals surface area (Å²) < 4.78 is 5.91. The van der Waals surface area contributed by atoms with Gasteiger partial charge in [-0.1, -0.05) is 23.7 Å². The molecule has 4 nitrogen and oxygen atoms in total. The Labute approximate surface area is 160 Å². The molecule has 1 aliphatic heterocycles. The first-order chi connectivity index (χ1) is 12.3. The van der Waals surface area contributed by atoms with Crippen LogP contribution in [0.3, 0.4) is 0 Å². The van der Waals surface area contributed by atoms with Gasteiger partial charge < -0.3 is 14.9 Å². The lowest BCUT2D eigenvalue weighted by atomic mass is 9.93. The summed E-state index contributed by atoms with van der Waals surface area (Å²) in [6, 6.07) is 11.0. The standard InChI is InChI=1S/C21H26ClNO3/c1-15-10-19(11-16(2)20(15)22)26-14-21(25)8-3-9-23(13-21)12-17-4-6-18(24)7-5-17/h4-7,10-11,24-25H,3,8-9,12-14H2,1-2H3. The van der Waals surface area contributed by atoms with E-state index in [4.69, 9.17) is 16.3 Å². The molecule has 2 aromatic carbocycles. The van der Waals surface area contributed by atoms with Crippen LogP contribution in [0.5, 0.6) is 11.5 Å². The van der Waals surface area contributed by atoms with Crippen molar-refractivity contribution < 1.29 is 14.9 Å². The van der Waals surface area contributed by atoms with Crippen LogP contribution in [0.1, 0.15) is 29.5 Å². The summed E-state index contributed by atoms with van der Waals surface area (Å²) in [5.41, 5.74) is 2.21. The normalized spacial score (nSPS) is 20.9. The molecule has 26 heavy (non-hydrogen) atoms. The molecule has 0 saturated carbocycles. The predicted molar refractivity (Wildman–Crippen MR) is 104 cm³/mol. The number of β-amino-alcohol motifs (C(OH)–C–C–N with tert-alkyl or cyclic N) is 1. The van der Waals surface area contributed by atoms with E-state index < -0.39 is 5.60 Å². The molecule has 0 aromatic heterocycles. The Morgan fingerprint density at radius 1 is 1.15 bits per heavy atom. The molecule has 0 aliphatic carbocycles. The average molecular weight is 376 g/mol. The first-order valence-corrected chi connectivity index (χ1v) is 9.35. The predicted octanol–water partition coefficient (Wildman–Crippen LogP) is 4.07. The fourth-order valence-electron chi connectivity index (χ4n) is 3.53. The maximum absolute atomic E-state index is 11.0. The first-order valence-electron chi connectivity index (χ1n) is 8.97. The number of phenols is 1. The highest BCUT2D eigenvalue weighted by atomic mass is 35.5. The lowest BCUT2D eigenvalue weighted by Crippen LogP contribution is -2.51. The smallest absolute Gasteiger partial charge is 0.120 e. The van der Waals surface area contributed by atoms with Gasteiger partial charge in [-0.2, -0.15) is 0 Å². The molecule has 2 N–H and O–H groups in total. The molecular weight excluding hydrogens is 350 g/mol. The van der Waals surface area contributed by atoms with Gasteiger partial charge in [0, 0.05) is 18.1 Å². The molecule has 0 spiro atoms. The number of nitrogens with zero attached hydrogens (tertiary/aromatic N) is 1. The van der Waals surface area contributed by atoms with E-state index in [1.807, 2.05) is 38.1 Å². The number of halogens is 1. The third-order valence-electron chi connectivity index (χ3n) is 4.89. The van der Waals surface area contributed by atoms with Crippen molar-refractivity contribution in [2.75, 3.05) is 19.7 Å². The van der Waals surface area contributed by atoms with E-state index in [0.717, 1.165) is 53.4 Å². The fraction of sp³-hybridized carbons (Fsp3) is 0.429. The highest BCUT2D eigenvalue weighted by Gasteiger charge is 2.34. The molecule has 3 rings (SSSR count). The second-order valence-corrected chi connectivity index (χ2v) is 7.74. The number of aliphatic hydroxyl groups is 1. The van der Waals surface area contributed by atoms with E-state index in [2.05, 4.69) is 4.90 Å². The molecule has 1 aliphatic rings. The van der Waals surface area contributed by atoms with Crippen LogP contribution in [0.2, 0.25) is 5.02 Å². The van der Waals surface area contributed by atoms with E-state index in [-0.39, 0.29) is 12.4 Å². The molecule has 0 bridgehead atoms. The van der Waals surface area contributed by atoms with Crippen LogP contribution in [-0.4, -0.2) is 40.4 Å². The van der Waals surface area contributed by atoms with Gasteiger partial charge in [0.25, 0.3) is 0 Å². The third kappa shape index (κ3) is 4.70. The van der Waals surface area contributed by atoms with Crippen LogP contribution in [-0.2, 0) is 6.54 Å². The number of hydrogen-bond donors (Lipinski definition) is 2. The second kappa shape index (κ2) is 7.87. The van der Waals surface area contributed by atoms with Crippen molar-refractivity contribution in [3.05, 3.63) is 58.1 Å². The number of ether oxygens (including phenoxy) is 1. The zero-order valence-corrected chi connectivity index (χ0v) is 16.1. The van der Waals surface area contributed by atoms with Crippen molar-refractivity contribution in [1.29, 1.82) is 0 Å². The van der Waals surface area contributed by atoms with Gasteiger partial charge in [-0.05, 0) is 74.2 Å². The molecule has 0 amide bonds.